The van der Waals surface area contributed by atoms with Gasteiger partial charge >= 0.3 is 0 Å². The van der Waals surface area contributed by atoms with Crippen molar-refractivity contribution in [1.29, 1.82) is 0 Å². The van der Waals surface area contributed by atoms with Crippen molar-refractivity contribution in [3.63, 3.8) is 0 Å². The van der Waals surface area contributed by atoms with Gasteiger partial charge in [0.15, 0.2) is 11.5 Å². The lowest BCUT2D eigenvalue weighted by Gasteiger charge is -2.20. The Morgan fingerprint density at radius 1 is 1.03 bits per heavy atom. The SMILES string of the molecule is C[C@H](NC(=O)c1c(N)nn2cccnc12)c1cn2ccc(C#Cc3ccn(C)n3)c2c(=O)n1-c1ccccc1. The van der Waals surface area contributed by atoms with Gasteiger partial charge in [-0.25, -0.2) is 9.50 Å². The minimum absolute atomic E-state index is 0.0656. The summed E-state index contributed by atoms with van der Waals surface area (Å²) < 4.78 is 6.44. The summed E-state index contributed by atoms with van der Waals surface area (Å²) in [7, 11) is 1.82. The maximum absolute atomic E-state index is 14.0. The second-order valence-electron chi connectivity index (χ2n) is 8.98. The summed E-state index contributed by atoms with van der Waals surface area (Å²) in [6.07, 6.45) is 8.64. The van der Waals surface area contributed by atoms with Crippen molar-refractivity contribution in [3.8, 4) is 17.5 Å². The number of nitrogens with zero attached hydrogens (tertiary/aromatic N) is 7. The summed E-state index contributed by atoms with van der Waals surface area (Å²) in [4.78, 5) is 31.6. The number of benzene rings is 1. The maximum atomic E-state index is 14.0. The van der Waals surface area contributed by atoms with Crippen molar-refractivity contribution in [2.75, 3.05) is 5.73 Å². The molecule has 5 aromatic heterocycles. The number of anilines is 1. The van der Waals surface area contributed by atoms with Gasteiger partial charge in [-0.3, -0.25) is 18.8 Å². The summed E-state index contributed by atoms with van der Waals surface area (Å²) in [5.41, 5.74) is 9.11. The number of fused-ring (bicyclic) bond motifs is 2. The van der Waals surface area contributed by atoms with Gasteiger partial charge in [0.25, 0.3) is 11.5 Å². The van der Waals surface area contributed by atoms with Gasteiger partial charge in [-0.05, 0) is 43.2 Å². The van der Waals surface area contributed by atoms with Crippen LogP contribution in [0.25, 0.3) is 16.9 Å². The number of nitrogens with one attached hydrogen (secondary N) is 1. The molecule has 0 aliphatic heterocycles. The Bertz CT molecular complexity index is 1980. The van der Waals surface area contributed by atoms with E-state index in [2.05, 4.69) is 32.3 Å². The highest BCUT2D eigenvalue weighted by molar-refractivity contribution is 6.04. The van der Waals surface area contributed by atoms with Crippen LogP contribution in [0.5, 0.6) is 0 Å². The fourth-order valence-corrected chi connectivity index (χ4v) is 4.53. The second kappa shape index (κ2) is 9.35. The molecule has 0 bridgehead atoms. The number of carbonyl (C=O) groups excluding carboxylic acids is 1. The average molecular weight is 518 g/mol. The van der Waals surface area contributed by atoms with Crippen LogP contribution in [0, 0.1) is 11.8 Å². The Kier molecular flexibility index (Phi) is 5.69. The van der Waals surface area contributed by atoms with Gasteiger partial charge in [-0.1, -0.05) is 24.1 Å². The molecule has 6 rings (SSSR count). The third-order valence-electron chi connectivity index (χ3n) is 6.34. The third-order valence-corrected chi connectivity index (χ3v) is 6.34. The van der Waals surface area contributed by atoms with Crippen molar-refractivity contribution in [3.05, 3.63) is 112 Å². The van der Waals surface area contributed by atoms with Crippen molar-refractivity contribution < 1.29 is 4.79 Å². The highest BCUT2D eigenvalue weighted by Crippen LogP contribution is 2.21. The number of para-hydroxylation sites is 1. The van der Waals surface area contributed by atoms with E-state index in [0.717, 1.165) is 0 Å². The molecule has 11 heteroatoms. The zero-order valence-electron chi connectivity index (χ0n) is 21.1. The predicted molar refractivity (Wildman–Crippen MR) is 145 cm³/mol. The van der Waals surface area contributed by atoms with Gasteiger partial charge in [-0.15, -0.1) is 5.10 Å². The number of hydrogen-bond acceptors (Lipinski definition) is 6. The second-order valence-corrected chi connectivity index (χ2v) is 8.98. The molecule has 0 aliphatic rings. The number of amides is 1. The zero-order chi connectivity index (χ0) is 27.1. The van der Waals surface area contributed by atoms with E-state index in [1.807, 2.05) is 55.8 Å². The van der Waals surface area contributed by atoms with Crippen LogP contribution in [0.15, 0.2) is 84.3 Å². The molecule has 0 unspecified atom stereocenters. The number of nitrogens with two attached hydrogens (primary N) is 1. The molecule has 0 fully saturated rings. The van der Waals surface area contributed by atoms with Crippen LogP contribution in [-0.2, 0) is 7.05 Å². The monoisotopic (exact) mass is 517 g/mol. The number of aryl methyl sites for hydroxylation is 1. The first kappa shape index (κ1) is 23.7. The highest BCUT2D eigenvalue weighted by Gasteiger charge is 2.24. The standard InChI is InChI=1S/C28H23N9O2/c1-18(31-27(38)23-25(29)33-36-14-6-13-30-26(23)36)22-17-35-16-11-19(9-10-20-12-15-34(2)32-20)24(35)28(39)37(22)21-7-4-3-5-8-21/h3-8,11-18H,1-2H3,(H2,29,33)(H,31,38)/t18-/m0/s1. The van der Waals surface area contributed by atoms with Crippen LogP contribution in [0.3, 0.4) is 0 Å². The van der Waals surface area contributed by atoms with E-state index < -0.39 is 11.9 Å². The van der Waals surface area contributed by atoms with Crippen LogP contribution < -0.4 is 16.6 Å². The molecule has 0 spiro atoms. The van der Waals surface area contributed by atoms with Crippen LogP contribution in [0.2, 0.25) is 0 Å². The van der Waals surface area contributed by atoms with Gasteiger partial charge in [0.2, 0.25) is 0 Å². The van der Waals surface area contributed by atoms with Crippen molar-refractivity contribution in [2.45, 2.75) is 13.0 Å². The van der Waals surface area contributed by atoms with Crippen LogP contribution >= 0.6 is 0 Å². The fourth-order valence-electron chi connectivity index (χ4n) is 4.53. The van der Waals surface area contributed by atoms with Gasteiger partial charge in [0.05, 0.1) is 17.3 Å². The minimum Gasteiger partial charge on any atom is -0.381 e. The van der Waals surface area contributed by atoms with Gasteiger partial charge in [-0.2, -0.15) is 5.10 Å². The van der Waals surface area contributed by atoms with Crippen LogP contribution in [-0.4, -0.2) is 39.3 Å². The Morgan fingerprint density at radius 2 is 1.85 bits per heavy atom. The van der Waals surface area contributed by atoms with Crippen molar-refractivity contribution in [1.82, 2.24) is 38.7 Å². The van der Waals surface area contributed by atoms with E-state index in [0.29, 0.717) is 33.8 Å². The molecule has 0 aliphatic carbocycles. The Balaban J connectivity index is 1.45. The van der Waals surface area contributed by atoms with E-state index in [1.165, 1.54) is 4.52 Å². The van der Waals surface area contributed by atoms with E-state index in [1.54, 1.807) is 51.3 Å². The molecule has 0 radical (unpaired) electrons. The Morgan fingerprint density at radius 3 is 2.62 bits per heavy atom. The largest absolute Gasteiger partial charge is 0.381 e. The molecular weight excluding hydrogens is 494 g/mol. The highest BCUT2D eigenvalue weighted by atomic mass is 16.2. The molecule has 1 atom stereocenters. The number of aromatic nitrogens is 7. The Hall–Kier alpha value is -5.63. The van der Waals surface area contributed by atoms with Crippen molar-refractivity contribution >= 4 is 22.9 Å². The molecule has 1 aromatic carbocycles. The smallest absolute Gasteiger partial charge is 0.280 e. The molecule has 3 N–H and O–H groups in total. The Labute approximate surface area is 222 Å². The minimum atomic E-state index is -0.585. The lowest BCUT2D eigenvalue weighted by Crippen LogP contribution is -2.33. The third kappa shape index (κ3) is 4.19. The first-order valence-corrected chi connectivity index (χ1v) is 12.1. The predicted octanol–water partition coefficient (Wildman–Crippen LogP) is 2.34. The number of rotatable bonds is 4. The average Bonchev–Trinajstić information content (AvgIpc) is 3.63. The number of hydrogen-bond donors (Lipinski definition) is 2. The lowest BCUT2D eigenvalue weighted by atomic mass is 10.1. The van der Waals surface area contributed by atoms with E-state index in [4.69, 9.17) is 5.73 Å². The molecule has 1 amide bonds. The van der Waals surface area contributed by atoms with E-state index in [-0.39, 0.29) is 16.9 Å². The first-order valence-electron chi connectivity index (χ1n) is 12.1. The van der Waals surface area contributed by atoms with Gasteiger partial charge < -0.3 is 15.5 Å². The molecule has 0 saturated heterocycles. The quantitative estimate of drug-likeness (QED) is 0.345. The lowest BCUT2D eigenvalue weighted by molar-refractivity contribution is 0.0941. The zero-order valence-corrected chi connectivity index (χ0v) is 21.1. The molecule has 11 nitrogen and oxygen atoms in total. The normalized spacial score (nSPS) is 11.8. The summed E-state index contributed by atoms with van der Waals surface area (Å²) in [5.74, 6) is 5.72. The molecule has 39 heavy (non-hydrogen) atoms. The fraction of sp³-hybridized carbons (Fsp3) is 0.107. The summed E-state index contributed by atoms with van der Waals surface area (Å²) in [5, 5.41) is 11.4. The summed E-state index contributed by atoms with van der Waals surface area (Å²) in [6.45, 7) is 1.80. The van der Waals surface area contributed by atoms with Gasteiger partial charge in [0, 0.05) is 43.7 Å². The van der Waals surface area contributed by atoms with Crippen LogP contribution in [0.4, 0.5) is 5.82 Å². The van der Waals surface area contributed by atoms with Crippen LogP contribution in [0.1, 0.15) is 40.3 Å². The summed E-state index contributed by atoms with van der Waals surface area (Å²) >= 11 is 0. The molecule has 6 aromatic rings. The van der Waals surface area contributed by atoms with E-state index in [9.17, 15) is 9.59 Å². The maximum Gasteiger partial charge on any atom is 0.280 e. The van der Waals surface area contributed by atoms with Crippen molar-refractivity contribution in [2.24, 2.45) is 7.05 Å². The van der Waals surface area contributed by atoms with Gasteiger partial charge in [0.1, 0.15) is 16.8 Å². The number of carbonyl (C=O) groups is 1. The molecular formula is C28H23N9O2. The van der Waals surface area contributed by atoms with E-state index >= 15 is 0 Å². The molecule has 5 heterocycles. The molecule has 192 valence electrons. The summed E-state index contributed by atoms with van der Waals surface area (Å²) in [6, 6.07) is 14.0. The topological polar surface area (TPSA) is 130 Å². The molecule has 0 saturated carbocycles. The number of nitrogen functional groups attached to an aromatic ring is 1. The first-order chi connectivity index (χ1) is 18.9.